The molecule has 0 aromatic rings. The molecule has 0 saturated carbocycles. The van der Waals surface area contributed by atoms with Crippen LogP contribution in [0.4, 0.5) is 0 Å². The van der Waals surface area contributed by atoms with E-state index in [-0.39, 0.29) is 6.29 Å². The van der Waals surface area contributed by atoms with Gasteiger partial charge in [-0.15, -0.1) is 0 Å². The Morgan fingerprint density at radius 3 is 1.62 bits per heavy atom. The minimum absolute atomic E-state index is 0.0925. The summed E-state index contributed by atoms with van der Waals surface area (Å²) in [5.74, 6) is 0. The van der Waals surface area contributed by atoms with Gasteiger partial charge in [-0.25, -0.2) is 0 Å². The maximum Gasteiger partial charge on any atom is 0.154 e. The smallest absolute Gasteiger partial charge is 0.154 e. The van der Waals surface area contributed by atoms with Gasteiger partial charge in [0.2, 0.25) is 0 Å². The van der Waals surface area contributed by atoms with Crippen LogP contribution in [0, 0.1) is 0 Å². The molecule has 0 aliphatic carbocycles. The molecule has 0 aromatic heterocycles. The van der Waals surface area contributed by atoms with E-state index in [2.05, 4.69) is 38.2 Å². The highest BCUT2D eigenvalue weighted by molar-refractivity contribution is 4.80. The van der Waals surface area contributed by atoms with Crippen molar-refractivity contribution in [1.82, 2.24) is 0 Å². The zero-order valence-electron chi connectivity index (χ0n) is 10.9. The molecule has 0 radical (unpaired) electrons. The Kier molecular flexibility index (Phi) is 12.0. The van der Waals surface area contributed by atoms with Gasteiger partial charge in [0, 0.05) is 0 Å². The van der Waals surface area contributed by atoms with E-state index in [1.165, 1.54) is 0 Å². The maximum atomic E-state index is 5.50. The second-order valence-corrected chi connectivity index (χ2v) is 3.65. The van der Waals surface area contributed by atoms with Gasteiger partial charge in [-0.05, 0) is 32.6 Å². The Bertz CT molecular complexity index is 165. The molecule has 0 N–H and O–H groups in total. The van der Waals surface area contributed by atoms with E-state index in [1.807, 2.05) is 6.92 Å². The van der Waals surface area contributed by atoms with Crippen LogP contribution in [-0.4, -0.2) is 19.5 Å². The van der Waals surface area contributed by atoms with Crippen LogP contribution in [0.2, 0.25) is 0 Å². The van der Waals surface area contributed by atoms with Gasteiger partial charge in [0.05, 0.1) is 13.2 Å². The Morgan fingerprint density at radius 1 is 0.812 bits per heavy atom. The quantitative estimate of drug-likeness (QED) is 0.317. The molecule has 94 valence electrons. The average molecular weight is 226 g/mol. The molecule has 0 fully saturated rings. The van der Waals surface area contributed by atoms with E-state index >= 15 is 0 Å². The van der Waals surface area contributed by atoms with Crippen molar-refractivity contribution in [2.75, 3.05) is 13.2 Å². The fourth-order valence-electron chi connectivity index (χ4n) is 1.22. The van der Waals surface area contributed by atoms with Gasteiger partial charge in [-0.3, -0.25) is 0 Å². The molecule has 2 heteroatoms. The monoisotopic (exact) mass is 226 g/mol. The Labute approximate surface area is 100 Å². The Hall–Kier alpha value is -0.600. The van der Waals surface area contributed by atoms with Gasteiger partial charge < -0.3 is 9.47 Å². The Balaban J connectivity index is 3.27. The third kappa shape index (κ3) is 11.5. The molecule has 0 heterocycles. The molecule has 1 atom stereocenters. The predicted molar refractivity (Wildman–Crippen MR) is 69.5 cm³/mol. The molecule has 0 bridgehead atoms. The summed E-state index contributed by atoms with van der Waals surface area (Å²) in [5.41, 5.74) is 0. The van der Waals surface area contributed by atoms with Gasteiger partial charge in [-0.1, -0.05) is 38.2 Å². The van der Waals surface area contributed by atoms with E-state index in [9.17, 15) is 0 Å². The van der Waals surface area contributed by atoms with Crippen LogP contribution in [0.15, 0.2) is 24.3 Å². The molecule has 2 nitrogen and oxygen atoms in total. The first-order valence-electron chi connectivity index (χ1n) is 6.34. The van der Waals surface area contributed by atoms with Crippen LogP contribution in [0.25, 0.3) is 0 Å². The summed E-state index contributed by atoms with van der Waals surface area (Å²) in [6.07, 6.45) is 12.6. The molecule has 0 aliphatic heterocycles. The minimum Gasteiger partial charge on any atom is -0.353 e. The summed E-state index contributed by atoms with van der Waals surface area (Å²) < 4.78 is 11.0. The molecule has 1 unspecified atom stereocenters. The van der Waals surface area contributed by atoms with Crippen molar-refractivity contribution in [3.05, 3.63) is 24.3 Å². The van der Waals surface area contributed by atoms with Crippen LogP contribution in [0.5, 0.6) is 0 Å². The summed E-state index contributed by atoms with van der Waals surface area (Å²) in [7, 11) is 0. The summed E-state index contributed by atoms with van der Waals surface area (Å²) in [6, 6.07) is 0. The van der Waals surface area contributed by atoms with Crippen molar-refractivity contribution >= 4 is 0 Å². The summed E-state index contributed by atoms with van der Waals surface area (Å²) in [6.45, 7) is 7.69. The normalized spacial score (nSPS) is 13.9. The SMILES string of the molecule is CC/C=C\CCOC(C)OCC/C=C/CC. The van der Waals surface area contributed by atoms with Crippen molar-refractivity contribution in [3.63, 3.8) is 0 Å². The zero-order valence-corrected chi connectivity index (χ0v) is 10.9. The molecule has 0 spiro atoms. The van der Waals surface area contributed by atoms with Crippen molar-refractivity contribution in [3.8, 4) is 0 Å². The van der Waals surface area contributed by atoms with Gasteiger partial charge in [0.15, 0.2) is 6.29 Å². The largest absolute Gasteiger partial charge is 0.353 e. The number of hydrogen-bond donors (Lipinski definition) is 0. The molecular formula is C14H26O2. The fourth-order valence-corrected chi connectivity index (χ4v) is 1.22. The predicted octanol–water partition coefficient (Wildman–Crippen LogP) is 4.08. The molecule has 0 amide bonds. The van der Waals surface area contributed by atoms with Gasteiger partial charge >= 0.3 is 0 Å². The highest BCUT2D eigenvalue weighted by atomic mass is 16.7. The van der Waals surface area contributed by atoms with E-state index in [1.54, 1.807) is 0 Å². The van der Waals surface area contributed by atoms with E-state index in [0.717, 1.165) is 38.9 Å². The fraction of sp³-hybridized carbons (Fsp3) is 0.714. The van der Waals surface area contributed by atoms with Gasteiger partial charge in [0.25, 0.3) is 0 Å². The highest BCUT2D eigenvalue weighted by Gasteiger charge is 1.99. The first kappa shape index (κ1) is 15.4. The lowest BCUT2D eigenvalue weighted by atomic mass is 10.3. The van der Waals surface area contributed by atoms with Gasteiger partial charge in [-0.2, -0.15) is 0 Å². The number of rotatable bonds is 10. The van der Waals surface area contributed by atoms with Crippen molar-refractivity contribution in [2.45, 2.75) is 52.7 Å². The van der Waals surface area contributed by atoms with Crippen molar-refractivity contribution in [1.29, 1.82) is 0 Å². The first-order chi connectivity index (χ1) is 7.81. The minimum atomic E-state index is -0.0925. The molecule has 16 heavy (non-hydrogen) atoms. The molecule has 0 aliphatic rings. The molecule has 0 saturated heterocycles. The van der Waals surface area contributed by atoms with Crippen LogP contribution < -0.4 is 0 Å². The van der Waals surface area contributed by atoms with E-state index in [4.69, 9.17) is 9.47 Å². The second kappa shape index (κ2) is 12.5. The van der Waals surface area contributed by atoms with Crippen LogP contribution in [-0.2, 0) is 9.47 Å². The lowest BCUT2D eigenvalue weighted by molar-refractivity contribution is -0.128. The van der Waals surface area contributed by atoms with Crippen LogP contribution >= 0.6 is 0 Å². The number of hydrogen-bond acceptors (Lipinski definition) is 2. The van der Waals surface area contributed by atoms with Crippen molar-refractivity contribution < 1.29 is 9.47 Å². The average Bonchev–Trinajstić information content (AvgIpc) is 2.28. The molecule has 0 rings (SSSR count). The first-order valence-corrected chi connectivity index (χ1v) is 6.34. The third-order valence-corrected chi connectivity index (χ3v) is 2.08. The second-order valence-electron chi connectivity index (χ2n) is 3.65. The zero-order chi connectivity index (χ0) is 12.1. The lowest BCUT2D eigenvalue weighted by Crippen LogP contribution is -2.14. The summed E-state index contributed by atoms with van der Waals surface area (Å²) in [4.78, 5) is 0. The Morgan fingerprint density at radius 2 is 1.25 bits per heavy atom. The highest BCUT2D eigenvalue weighted by Crippen LogP contribution is 1.98. The third-order valence-electron chi connectivity index (χ3n) is 2.08. The maximum absolute atomic E-state index is 5.50. The molecular weight excluding hydrogens is 200 g/mol. The standard InChI is InChI=1S/C14H26O2/c1-4-6-8-10-12-15-14(3)16-13-11-9-7-5-2/h6-9,14H,4-5,10-13H2,1-3H3/b8-6-,9-7+. The molecule has 0 aromatic carbocycles. The number of allylic oxidation sites excluding steroid dienone is 2. The van der Waals surface area contributed by atoms with Crippen LogP contribution in [0.3, 0.4) is 0 Å². The number of ether oxygens (including phenoxy) is 2. The van der Waals surface area contributed by atoms with Gasteiger partial charge in [0.1, 0.15) is 0 Å². The topological polar surface area (TPSA) is 18.5 Å². The summed E-state index contributed by atoms with van der Waals surface area (Å²) >= 11 is 0. The summed E-state index contributed by atoms with van der Waals surface area (Å²) in [5, 5.41) is 0. The lowest BCUT2D eigenvalue weighted by Gasteiger charge is -2.12. The van der Waals surface area contributed by atoms with E-state index in [0.29, 0.717) is 0 Å². The van der Waals surface area contributed by atoms with Crippen molar-refractivity contribution in [2.24, 2.45) is 0 Å². The van der Waals surface area contributed by atoms with E-state index < -0.39 is 0 Å². The van der Waals surface area contributed by atoms with Crippen LogP contribution in [0.1, 0.15) is 46.5 Å².